The number of carbonyl (C=O) groups excluding carboxylic acids is 2. The first kappa shape index (κ1) is 20.7. The number of amides is 2. The van der Waals surface area contributed by atoms with Gasteiger partial charge in [-0.1, -0.05) is 0 Å². The maximum absolute atomic E-state index is 13.4. The van der Waals surface area contributed by atoms with Crippen molar-refractivity contribution in [2.45, 2.75) is 31.7 Å². The van der Waals surface area contributed by atoms with Gasteiger partial charge in [0.05, 0.1) is 11.5 Å². The van der Waals surface area contributed by atoms with Crippen LogP contribution in [-0.4, -0.2) is 94.2 Å². The summed E-state index contributed by atoms with van der Waals surface area (Å²) in [5.41, 5.74) is -0.578. The Morgan fingerprint density at radius 2 is 2.20 bits per heavy atom. The molecule has 2 saturated heterocycles. The predicted octanol–water partition coefficient (Wildman–Crippen LogP) is 0.204. The first-order valence-electron chi connectivity index (χ1n) is 10.5. The minimum Gasteiger partial charge on any atom is -0.385 e. The Morgan fingerprint density at radius 1 is 1.33 bits per heavy atom. The monoisotopic (exact) mass is 415 g/mol. The van der Waals surface area contributed by atoms with Crippen molar-refractivity contribution in [1.82, 2.24) is 34.7 Å². The van der Waals surface area contributed by atoms with E-state index in [-0.39, 0.29) is 23.7 Å². The lowest BCUT2D eigenvalue weighted by Gasteiger charge is -2.53. The zero-order chi connectivity index (χ0) is 21.1. The van der Waals surface area contributed by atoms with Crippen molar-refractivity contribution in [3.8, 4) is 0 Å². The van der Waals surface area contributed by atoms with Gasteiger partial charge in [0.15, 0.2) is 0 Å². The largest absolute Gasteiger partial charge is 0.385 e. The Balaban J connectivity index is 1.58. The van der Waals surface area contributed by atoms with E-state index < -0.39 is 5.41 Å². The number of methoxy groups -OCH3 is 1. The van der Waals surface area contributed by atoms with Gasteiger partial charge in [-0.05, 0) is 45.3 Å². The van der Waals surface area contributed by atoms with Gasteiger partial charge in [-0.25, -0.2) is 9.50 Å². The Bertz CT molecular complexity index is 884. The molecule has 0 unspecified atom stereocenters. The lowest BCUT2D eigenvalue weighted by atomic mass is 9.67. The van der Waals surface area contributed by atoms with Crippen LogP contribution < -0.4 is 5.32 Å². The zero-order valence-electron chi connectivity index (χ0n) is 17.6. The summed E-state index contributed by atoms with van der Waals surface area (Å²) in [6.45, 7) is 3.27. The molecular formula is C20H29N7O3. The number of hydrogen-bond acceptors (Lipinski definition) is 7. The molecule has 0 bridgehead atoms. The van der Waals surface area contributed by atoms with Gasteiger partial charge in [0.2, 0.25) is 11.7 Å². The smallest absolute Gasteiger partial charge is 0.293 e. The average molecular weight is 415 g/mol. The van der Waals surface area contributed by atoms with E-state index in [1.165, 1.54) is 4.52 Å². The van der Waals surface area contributed by atoms with E-state index in [1.807, 2.05) is 11.9 Å². The fourth-order valence-corrected chi connectivity index (χ4v) is 4.70. The quantitative estimate of drug-likeness (QED) is 0.672. The molecule has 10 nitrogen and oxygen atoms in total. The molecule has 1 N–H and O–H groups in total. The van der Waals surface area contributed by atoms with Crippen molar-refractivity contribution in [3.05, 3.63) is 24.3 Å². The molecular weight excluding hydrogens is 386 g/mol. The van der Waals surface area contributed by atoms with E-state index in [0.29, 0.717) is 32.0 Å². The van der Waals surface area contributed by atoms with Gasteiger partial charge in [0.1, 0.15) is 0 Å². The third-order valence-corrected chi connectivity index (χ3v) is 6.29. The van der Waals surface area contributed by atoms with Crippen molar-refractivity contribution in [1.29, 1.82) is 0 Å². The highest BCUT2D eigenvalue weighted by molar-refractivity contribution is 5.92. The summed E-state index contributed by atoms with van der Waals surface area (Å²) in [4.78, 5) is 39.2. The third kappa shape index (κ3) is 3.77. The van der Waals surface area contributed by atoms with E-state index in [1.54, 1.807) is 25.6 Å². The van der Waals surface area contributed by atoms with Crippen LogP contribution in [0.4, 0.5) is 0 Å². The Labute approximate surface area is 175 Å². The van der Waals surface area contributed by atoms with Gasteiger partial charge >= 0.3 is 0 Å². The maximum Gasteiger partial charge on any atom is 0.293 e. The van der Waals surface area contributed by atoms with E-state index in [2.05, 4.69) is 25.3 Å². The van der Waals surface area contributed by atoms with Crippen LogP contribution in [0.3, 0.4) is 0 Å². The van der Waals surface area contributed by atoms with E-state index >= 15 is 0 Å². The number of nitrogens with zero attached hydrogens (tertiary/aromatic N) is 6. The van der Waals surface area contributed by atoms with Crippen LogP contribution in [-0.2, 0) is 9.53 Å². The summed E-state index contributed by atoms with van der Waals surface area (Å²) < 4.78 is 6.58. The van der Waals surface area contributed by atoms with Crippen LogP contribution in [0.2, 0.25) is 0 Å². The van der Waals surface area contributed by atoms with Gasteiger partial charge in [-0.15, -0.1) is 5.10 Å². The number of piperidine rings is 2. The molecule has 4 heterocycles. The van der Waals surface area contributed by atoms with Gasteiger partial charge in [-0.3, -0.25) is 9.59 Å². The fourth-order valence-electron chi connectivity index (χ4n) is 4.70. The molecule has 0 spiro atoms. The van der Waals surface area contributed by atoms with Gasteiger partial charge in [-0.2, -0.15) is 4.98 Å². The van der Waals surface area contributed by atoms with E-state index in [4.69, 9.17) is 4.74 Å². The molecule has 162 valence electrons. The Morgan fingerprint density at radius 3 is 3.00 bits per heavy atom. The van der Waals surface area contributed by atoms with Crippen LogP contribution >= 0.6 is 0 Å². The number of ether oxygens (including phenoxy) is 1. The third-order valence-electron chi connectivity index (χ3n) is 6.29. The van der Waals surface area contributed by atoms with Crippen molar-refractivity contribution >= 4 is 17.6 Å². The van der Waals surface area contributed by atoms with Gasteiger partial charge < -0.3 is 19.9 Å². The normalized spacial score (nSPS) is 24.6. The number of rotatable bonds is 6. The summed E-state index contributed by atoms with van der Waals surface area (Å²) in [6.07, 6.45) is 6.40. The second-order valence-electron chi connectivity index (χ2n) is 8.19. The highest BCUT2D eigenvalue weighted by Gasteiger charge is 2.53. The summed E-state index contributed by atoms with van der Waals surface area (Å²) in [7, 11) is 3.69. The number of carbonyl (C=O) groups is 2. The summed E-state index contributed by atoms with van der Waals surface area (Å²) in [5.74, 6) is 0.315. The second kappa shape index (κ2) is 8.65. The number of likely N-dealkylation sites (tertiary alicyclic amines) is 2. The molecule has 0 saturated carbocycles. The van der Waals surface area contributed by atoms with Crippen molar-refractivity contribution in [2.24, 2.45) is 5.41 Å². The molecule has 10 heteroatoms. The Hall–Kier alpha value is -2.59. The molecule has 0 radical (unpaired) electrons. The number of likely N-dealkylation sites (N-methyl/N-ethyl adjacent to an activating group) is 1. The predicted molar refractivity (Wildman–Crippen MR) is 109 cm³/mol. The van der Waals surface area contributed by atoms with Crippen LogP contribution in [0, 0.1) is 5.41 Å². The highest BCUT2D eigenvalue weighted by Crippen LogP contribution is 2.43. The minimum absolute atomic E-state index is 0.0406. The summed E-state index contributed by atoms with van der Waals surface area (Å²) in [6, 6.07) is 1.53. The Kier molecular flexibility index (Phi) is 5.96. The molecule has 2 fully saturated rings. The molecule has 30 heavy (non-hydrogen) atoms. The van der Waals surface area contributed by atoms with Crippen LogP contribution in [0.25, 0.3) is 5.78 Å². The number of nitrogens with one attached hydrogen (secondary N) is 1. The first-order chi connectivity index (χ1) is 14.5. The SMILES string of the molecule is COCCCNC(=O)[C@@]12CCCN(C(=O)c3nc4ncccn4n3)[C@H]1CN(C)CC2. The fraction of sp³-hybridized carbons (Fsp3) is 0.650. The molecule has 2 aromatic heterocycles. The molecule has 2 aliphatic heterocycles. The molecule has 0 aliphatic carbocycles. The highest BCUT2D eigenvalue weighted by atomic mass is 16.5. The van der Waals surface area contributed by atoms with E-state index in [0.717, 1.165) is 32.2 Å². The lowest BCUT2D eigenvalue weighted by molar-refractivity contribution is -0.142. The topological polar surface area (TPSA) is 105 Å². The molecule has 2 atom stereocenters. The van der Waals surface area contributed by atoms with E-state index in [9.17, 15) is 9.59 Å². The first-order valence-corrected chi connectivity index (χ1v) is 10.5. The van der Waals surface area contributed by atoms with Gasteiger partial charge in [0, 0.05) is 45.7 Å². The number of fused-ring (bicyclic) bond motifs is 2. The van der Waals surface area contributed by atoms with Crippen LogP contribution in [0.5, 0.6) is 0 Å². The van der Waals surface area contributed by atoms with Crippen molar-refractivity contribution in [3.63, 3.8) is 0 Å². The van der Waals surface area contributed by atoms with Crippen LogP contribution in [0.15, 0.2) is 18.5 Å². The standard InChI is InChI=1S/C20H29N7O3/c1-25-12-7-20(18(29)21-9-5-13-30-2)6-3-10-26(15(20)14-25)17(28)16-23-19-22-8-4-11-27(19)24-16/h4,8,11,15H,3,5-7,9-10,12-14H2,1-2H3,(H,21,29)/t15-,20+/m0/s1. The number of aromatic nitrogens is 4. The van der Waals surface area contributed by atoms with Crippen molar-refractivity contribution < 1.29 is 14.3 Å². The second-order valence-corrected chi connectivity index (χ2v) is 8.19. The molecule has 2 amide bonds. The average Bonchev–Trinajstić information content (AvgIpc) is 3.20. The van der Waals surface area contributed by atoms with Crippen molar-refractivity contribution in [2.75, 3.05) is 46.9 Å². The number of hydrogen-bond donors (Lipinski definition) is 1. The zero-order valence-corrected chi connectivity index (χ0v) is 17.6. The molecule has 4 rings (SSSR count). The molecule has 2 aliphatic rings. The molecule has 2 aromatic rings. The summed E-state index contributed by atoms with van der Waals surface area (Å²) >= 11 is 0. The van der Waals surface area contributed by atoms with Gasteiger partial charge in [0.25, 0.3) is 11.7 Å². The molecule has 0 aromatic carbocycles. The lowest BCUT2D eigenvalue weighted by Crippen LogP contribution is -2.66. The minimum atomic E-state index is -0.578. The summed E-state index contributed by atoms with van der Waals surface area (Å²) in [5, 5.41) is 7.40. The maximum atomic E-state index is 13.4. The van der Waals surface area contributed by atoms with Crippen LogP contribution in [0.1, 0.15) is 36.3 Å².